The molecule has 0 radical (unpaired) electrons. The summed E-state index contributed by atoms with van der Waals surface area (Å²) in [5.41, 5.74) is 1.60. The molecule has 0 aromatic heterocycles. The Morgan fingerprint density at radius 2 is 1.63 bits per heavy atom. The molecule has 3 rings (SSSR count). The van der Waals surface area contributed by atoms with E-state index in [1.807, 2.05) is 14.2 Å². The van der Waals surface area contributed by atoms with E-state index in [0.29, 0.717) is 22.9 Å². The maximum atomic E-state index is 6.88. The van der Waals surface area contributed by atoms with Crippen molar-refractivity contribution in [1.29, 1.82) is 0 Å². The summed E-state index contributed by atoms with van der Waals surface area (Å²) in [6.07, 6.45) is 5.86. The minimum atomic E-state index is -1.98. The molecule has 2 saturated heterocycles. The van der Waals surface area contributed by atoms with Gasteiger partial charge in [-0.3, -0.25) is 0 Å². The molecule has 2 fully saturated rings. The van der Waals surface area contributed by atoms with Crippen LogP contribution in [0.2, 0.25) is 37.2 Å². The predicted octanol–water partition coefficient (Wildman–Crippen LogP) is 6.84. The van der Waals surface area contributed by atoms with Crippen molar-refractivity contribution in [2.24, 2.45) is 5.92 Å². The van der Waals surface area contributed by atoms with Gasteiger partial charge in [-0.05, 0) is 102 Å². The first-order chi connectivity index (χ1) is 17.6. The van der Waals surface area contributed by atoms with E-state index in [9.17, 15) is 0 Å². The molecular weight excluding hydrogens is 505 g/mol. The van der Waals surface area contributed by atoms with E-state index in [1.165, 1.54) is 24.9 Å². The van der Waals surface area contributed by atoms with Crippen LogP contribution in [0.15, 0.2) is 30.3 Å². The maximum absolute atomic E-state index is 6.88. The first-order valence-electron chi connectivity index (χ1n) is 14.8. The Kier molecular flexibility index (Phi) is 10.6. The average Bonchev–Trinajstić information content (AvgIpc) is 3.33. The highest BCUT2D eigenvalue weighted by molar-refractivity contribution is 6.88. The van der Waals surface area contributed by atoms with Gasteiger partial charge < -0.3 is 23.4 Å². The van der Waals surface area contributed by atoms with E-state index in [2.05, 4.69) is 96.0 Å². The molecule has 1 aromatic rings. The van der Waals surface area contributed by atoms with Gasteiger partial charge in [-0.25, -0.2) is 0 Å². The molecule has 0 spiro atoms. The van der Waals surface area contributed by atoms with E-state index in [-0.39, 0.29) is 18.3 Å². The molecule has 0 unspecified atom stereocenters. The molecule has 5 nitrogen and oxygen atoms in total. The number of likely N-dealkylation sites (tertiary alicyclic amines) is 1. The maximum Gasteiger partial charge on any atom is 0.458 e. The lowest BCUT2D eigenvalue weighted by Crippen LogP contribution is -2.56. The summed E-state index contributed by atoms with van der Waals surface area (Å²) in [5, 5.41) is 0. The third-order valence-electron chi connectivity index (χ3n) is 10.1. The minimum absolute atomic E-state index is 0.193. The summed E-state index contributed by atoms with van der Waals surface area (Å²) >= 11 is 0. The zero-order chi connectivity index (χ0) is 28.4. The molecule has 2 aliphatic heterocycles. The van der Waals surface area contributed by atoms with Crippen molar-refractivity contribution in [3.8, 4) is 0 Å². The molecule has 2 heterocycles. The van der Waals surface area contributed by atoms with Crippen LogP contribution in [0, 0.1) is 5.92 Å². The molecule has 0 bridgehead atoms. The molecule has 1 aromatic carbocycles. The number of hydrogen-bond donors (Lipinski definition) is 0. The van der Waals surface area contributed by atoms with Crippen LogP contribution in [0.1, 0.15) is 59.4 Å². The standard InChI is InChI=1S/C30H56BNO4Si2/c1-24(27(38(10,11)34-7)20-19-25-16-13-12-14-17-25)28(31-35-29(2,3)30(4,5)36-31)37(8,9)23-32-21-15-18-26(32)22-33-6/h12-14,16-17,24,26-28H,15,18-23H2,1-11H3/t24-,26+,27-,28-/m0/s1. The summed E-state index contributed by atoms with van der Waals surface area (Å²) < 4.78 is 25.7. The van der Waals surface area contributed by atoms with Crippen molar-refractivity contribution in [3.05, 3.63) is 35.9 Å². The van der Waals surface area contributed by atoms with Gasteiger partial charge in [-0.15, -0.1) is 0 Å². The van der Waals surface area contributed by atoms with Gasteiger partial charge in [0.2, 0.25) is 0 Å². The molecule has 0 aliphatic carbocycles. The van der Waals surface area contributed by atoms with Crippen molar-refractivity contribution in [2.75, 3.05) is 33.5 Å². The number of aryl methyl sites for hydroxylation is 1. The molecule has 2 aliphatic rings. The Morgan fingerprint density at radius 1 is 1.03 bits per heavy atom. The van der Waals surface area contributed by atoms with Gasteiger partial charge in [0.1, 0.15) is 0 Å². The summed E-state index contributed by atoms with van der Waals surface area (Å²) in [5.74, 6) is 0.431. The van der Waals surface area contributed by atoms with E-state index in [4.69, 9.17) is 18.5 Å². The van der Waals surface area contributed by atoms with Gasteiger partial charge in [-0.2, -0.15) is 0 Å². The van der Waals surface area contributed by atoms with Crippen LogP contribution in [0.3, 0.4) is 0 Å². The topological polar surface area (TPSA) is 40.2 Å². The first-order valence-corrected chi connectivity index (χ1v) is 21.1. The molecule has 38 heavy (non-hydrogen) atoms. The van der Waals surface area contributed by atoms with Crippen LogP contribution in [-0.2, 0) is 24.9 Å². The summed E-state index contributed by atoms with van der Waals surface area (Å²) in [6.45, 7) is 23.2. The van der Waals surface area contributed by atoms with Gasteiger partial charge >= 0.3 is 7.12 Å². The average molecular weight is 562 g/mol. The van der Waals surface area contributed by atoms with E-state index in [1.54, 1.807) is 0 Å². The van der Waals surface area contributed by atoms with Gasteiger partial charge in [-0.1, -0.05) is 50.3 Å². The second kappa shape index (κ2) is 12.6. The molecule has 216 valence electrons. The van der Waals surface area contributed by atoms with Crippen molar-refractivity contribution >= 4 is 23.5 Å². The third-order valence-corrected chi connectivity index (χ3v) is 17.6. The second-order valence-corrected chi connectivity index (χ2v) is 23.5. The quantitative estimate of drug-likeness (QED) is 0.247. The van der Waals surface area contributed by atoms with E-state index < -0.39 is 16.4 Å². The Bertz CT molecular complexity index is 866. The lowest BCUT2D eigenvalue weighted by Gasteiger charge is -2.46. The SMILES string of the molecule is COC[C@H]1CCCN1C[Si](C)(C)[C@H](B1OC(C)(C)C(C)(C)O1)[C@@H](C)[C@H](CCc1ccccc1)[Si](C)(C)OC. The second-order valence-electron chi connectivity index (χ2n) is 14.2. The highest BCUT2D eigenvalue weighted by atomic mass is 28.4. The van der Waals surface area contributed by atoms with Crippen LogP contribution in [0.4, 0.5) is 0 Å². The van der Waals surface area contributed by atoms with Gasteiger partial charge in [0.25, 0.3) is 0 Å². The minimum Gasteiger partial charge on any atom is -0.420 e. The molecule has 0 saturated carbocycles. The van der Waals surface area contributed by atoms with Crippen molar-refractivity contribution in [3.63, 3.8) is 0 Å². The molecule has 0 amide bonds. The Labute approximate surface area is 236 Å². The molecule has 0 N–H and O–H groups in total. The van der Waals surface area contributed by atoms with Crippen molar-refractivity contribution in [2.45, 2.75) is 115 Å². The zero-order valence-corrected chi connectivity index (χ0v) is 28.3. The van der Waals surface area contributed by atoms with Crippen LogP contribution < -0.4 is 0 Å². The van der Waals surface area contributed by atoms with Gasteiger partial charge in [0, 0.05) is 20.3 Å². The van der Waals surface area contributed by atoms with Crippen molar-refractivity contribution in [1.82, 2.24) is 4.90 Å². The zero-order valence-electron chi connectivity index (χ0n) is 26.3. The van der Waals surface area contributed by atoms with Gasteiger partial charge in [0.15, 0.2) is 8.32 Å². The summed E-state index contributed by atoms with van der Waals surface area (Å²) in [6, 6.07) is 11.5. The monoisotopic (exact) mass is 561 g/mol. The van der Waals surface area contributed by atoms with Crippen LogP contribution in [0.25, 0.3) is 0 Å². The largest absolute Gasteiger partial charge is 0.458 e. The number of methoxy groups -OCH3 is 1. The lowest BCUT2D eigenvalue weighted by atomic mass is 9.74. The number of nitrogens with zero attached hydrogens (tertiary/aromatic N) is 1. The lowest BCUT2D eigenvalue weighted by molar-refractivity contribution is 0.00578. The fourth-order valence-electron chi connectivity index (χ4n) is 7.09. The normalized spacial score (nSPS) is 24.5. The highest BCUT2D eigenvalue weighted by Crippen LogP contribution is 2.51. The number of benzene rings is 1. The Morgan fingerprint density at radius 3 is 2.18 bits per heavy atom. The predicted molar refractivity (Wildman–Crippen MR) is 166 cm³/mol. The summed E-state index contributed by atoms with van der Waals surface area (Å²) in [7, 11) is -0.304. The van der Waals surface area contributed by atoms with Crippen LogP contribution >= 0.6 is 0 Å². The van der Waals surface area contributed by atoms with Crippen molar-refractivity contribution < 1.29 is 18.5 Å². The fourth-order valence-corrected chi connectivity index (χ4v) is 14.1. The third kappa shape index (κ3) is 7.23. The number of rotatable bonds is 13. The smallest absolute Gasteiger partial charge is 0.420 e. The Balaban J connectivity index is 1.96. The van der Waals surface area contributed by atoms with Gasteiger partial charge in [0.05, 0.1) is 25.9 Å². The van der Waals surface area contributed by atoms with Crippen LogP contribution in [0.5, 0.6) is 0 Å². The highest BCUT2D eigenvalue weighted by Gasteiger charge is 2.60. The van der Waals surface area contributed by atoms with E-state index >= 15 is 0 Å². The van der Waals surface area contributed by atoms with E-state index in [0.717, 1.165) is 25.6 Å². The number of ether oxygens (including phenoxy) is 1. The molecular formula is C30H56BNO4Si2. The first kappa shape index (κ1) is 32.0. The fraction of sp³-hybridized carbons (Fsp3) is 0.800. The molecule has 4 atom stereocenters. The summed E-state index contributed by atoms with van der Waals surface area (Å²) in [4.78, 5) is 2.72. The molecule has 8 heteroatoms. The van der Waals surface area contributed by atoms with Crippen LogP contribution in [-0.4, -0.2) is 79.2 Å². The Hall–Kier alpha value is -0.481. The number of hydrogen-bond acceptors (Lipinski definition) is 5.